The number of hydrogen-bond donors (Lipinski definition) is 3. The summed E-state index contributed by atoms with van der Waals surface area (Å²) >= 11 is 0. The maximum Gasteiger partial charge on any atom is 0.159 e. The van der Waals surface area contributed by atoms with Crippen LogP contribution in [0.4, 0.5) is 0 Å². The highest BCUT2D eigenvalue weighted by Crippen LogP contribution is 2.29. The van der Waals surface area contributed by atoms with Crippen LogP contribution < -0.4 is 10.9 Å². The minimum Gasteiger partial charge on any atom is -0.506 e. The fourth-order valence-corrected chi connectivity index (χ4v) is 2.14. The van der Waals surface area contributed by atoms with Crippen molar-refractivity contribution in [2.24, 2.45) is 0 Å². The van der Waals surface area contributed by atoms with Gasteiger partial charge in [0.2, 0.25) is 0 Å². The molecule has 0 fully saturated rings. The highest BCUT2D eigenvalue weighted by Gasteiger charge is 2.13. The second kappa shape index (κ2) is 4.19. The fourth-order valence-electron chi connectivity index (χ4n) is 2.14. The lowest BCUT2D eigenvalue weighted by atomic mass is 9.86. The molecule has 0 aliphatic carbocycles. The third-order valence-corrected chi connectivity index (χ3v) is 3.12. The van der Waals surface area contributed by atoms with Gasteiger partial charge in [0, 0.05) is 12.1 Å². The molecule has 0 unspecified atom stereocenters. The molecule has 0 radical (unpaired) electrons. The van der Waals surface area contributed by atoms with Crippen LogP contribution in [0.15, 0.2) is 24.3 Å². The maximum absolute atomic E-state index is 10.1. The minimum absolute atomic E-state index is 0.101. The van der Waals surface area contributed by atoms with E-state index in [1.807, 2.05) is 13.9 Å². The van der Waals surface area contributed by atoms with Crippen molar-refractivity contribution in [2.75, 3.05) is 0 Å². The first-order valence-corrected chi connectivity index (χ1v) is 6.05. The Kier molecular flexibility index (Phi) is 2.60. The van der Waals surface area contributed by atoms with Crippen molar-refractivity contribution in [1.82, 2.24) is 15.0 Å². The molecule has 0 amide bonds. The smallest absolute Gasteiger partial charge is 0.159 e. The van der Waals surface area contributed by atoms with Gasteiger partial charge in [0.15, 0.2) is 11.5 Å². The summed E-state index contributed by atoms with van der Waals surface area (Å²) in [6.45, 7) is 0. The Hall–Kier alpha value is -2.63. The average molecular weight is 267 g/mol. The summed E-state index contributed by atoms with van der Waals surface area (Å²) < 4.78 is 0. The molecule has 0 atom stereocenters. The first kappa shape index (κ1) is 12.4. The van der Waals surface area contributed by atoms with E-state index in [1.54, 1.807) is 13.9 Å². The van der Waals surface area contributed by atoms with Crippen molar-refractivity contribution in [3.8, 4) is 22.9 Å². The highest BCUT2D eigenvalue weighted by molar-refractivity contribution is 6.39. The molecule has 3 rings (SSSR count). The molecule has 0 aliphatic heterocycles. The molecule has 98 valence electrons. The molecule has 8 heteroatoms. The van der Waals surface area contributed by atoms with E-state index in [-0.39, 0.29) is 17.2 Å². The second-order valence-electron chi connectivity index (χ2n) is 4.77. The van der Waals surface area contributed by atoms with Gasteiger partial charge in [-0.15, -0.1) is 15.0 Å². The summed E-state index contributed by atoms with van der Waals surface area (Å²) in [7, 11) is 3.71. The fraction of sp³-hybridized carbons (Fsp3) is 0. The van der Waals surface area contributed by atoms with Crippen LogP contribution in [0.1, 0.15) is 0 Å². The molecule has 0 saturated carbocycles. The lowest BCUT2D eigenvalue weighted by Crippen LogP contribution is -2.17. The number of benzene rings is 2. The van der Waals surface area contributed by atoms with E-state index >= 15 is 0 Å². The maximum atomic E-state index is 10.1. The summed E-state index contributed by atoms with van der Waals surface area (Å²) in [5, 5.41) is 37.4. The topological polar surface area (TPSA) is 91.4 Å². The SMILES string of the molecule is Bc1cc(B)c(O)c(-n2nc3cc(O)c(O)cc3n2)c1. The standard InChI is InChI=1S/C12H11B2N3O3/c13-5-1-6(14)12(20)9(2-5)17-15-7-3-10(18)11(19)4-8(7)16-17/h1-4,18-20H,13-14H2. The quantitative estimate of drug-likeness (QED) is 0.352. The Bertz CT molecular complexity index is 793. The molecule has 1 heterocycles. The van der Waals surface area contributed by atoms with Gasteiger partial charge in [-0.2, -0.15) is 0 Å². The number of nitrogens with zero attached hydrogens (tertiary/aromatic N) is 3. The molecular weight excluding hydrogens is 256 g/mol. The van der Waals surface area contributed by atoms with Crippen molar-refractivity contribution in [2.45, 2.75) is 0 Å². The predicted molar refractivity (Wildman–Crippen MR) is 80.2 cm³/mol. The van der Waals surface area contributed by atoms with Crippen LogP contribution in [0.2, 0.25) is 0 Å². The number of fused-ring (bicyclic) bond motifs is 1. The summed E-state index contributed by atoms with van der Waals surface area (Å²) in [5.41, 5.74) is 3.02. The Morgan fingerprint density at radius 2 is 1.40 bits per heavy atom. The largest absolute Gasteiger partial charge is 0.506 e. The summed E-state index contributed by atoms with van der Waals surface area (Å²) in [5.74, 6) is -0.410. The number of aromatic hydroxyl groups is 3. The average Bonchev–Trinajstić information content (AvgIpc) is 2.77. The molecule has 0 bridgehead atoms. The van der Waals surface area contributed by atoms with E-state index in [9.17, 15) is 15.3 Å². The number of phenolic OH excluding ortho intramolecular Hbond substituents is 3. The number of phenols is 3. The van der Waals surface area contributed by atoms with E-state index in [1.165, 1.54) is 16.9 Å². The lowest BCUT2D eigenvalue weighted by molar-refractivity contribution is 0.405. The molecular formula is C12H11B2N3O3. The van der Waals surface area contributed by atoms with Crippen molar-refractivity contribution in [3.63, 3.8) is 0 Å². The first-order chi connectivity index (χ1) is 9.45. The minimum atomic E-state index is -0.255. The molecule has 0 spiro atoms. The van der Waals surface area contributed by atoms with Crippen molar-refractivity contribution >= 4 is 37.7 Å². The van der Waals surface area contributed by atoms with Crippen molar-refractivity contribution in [1.29, 1.82) is 0 Å². The monoisotopic (exact) mass is 267 g/mol. The van der Waals surface area contributed by atoms with Gasteiger partial charge in [-0.25, -0.2) is 0 Å². The first-order valence-electron chi connectivity index (χ1n) is 6.05. The molecule has 20 heavy (non-hydrogen) atoms. The van der Waals surface area contributed by atoms with Crippen molar-refractivity contribution in [3.05, 3.63) is 24.3 Å². The zero-order valence-corrected chi connectivity index (χ0v) is 11.0. The van der Waals surface area contributed by atoms with E-state index in [2.05, 4.69) is 10.2 Å². The molecule has 3 aromatic rings. The Morgan fingerprint density at radius 1 is 0.850 bits per heavy atom. The second-order valence-corrected chi connectivity index (χ2v) is 4.77. The van der Waals surface area contributed by atoms with Crippen LogP contribution in [0.5, 0.6) is 17.2 Å². The number of aromatic nitrogens is 3. The highest BCUT2D eigenvalue weighted by atomic mass is 16.3. The van der Waals surface area contributed by atoms with Gasteiger partial charge in [-0.3, -0.25) is 0 Å². The summed E-state index contributed by atoms with van der Waals surface area (Å²) in [6, 6.07) is 6.28. The van der Waals surface area contributed by atoms with Gasteiger partial charge in [0.1, 0.15) is 38.2 Å². The predicted octanol–water partition coefficient (Wildman–Crippen LogP) is -1.95. The number of rotatable bonds is 1. The van der Waals surface area contributed by atoms with Crippen LogP contribution in [-0.2, 0) is 0 Å². The van der Waals surface area contributed by atoms with E-state index in [0.29, 0.717) is 16.7 Å². The van der Waals surface area contributed by atoms with E-state index < -0.39 is 0 Å². The zero-order valence-electron chi connectivity index (χ0n) is 11.0. The van der Waals surface area contributed by atoms with Crippen LogP contribution in [0.3, 0.4) is 0 Å². The summed E-state index contributed by atoms with van der Waals surface area (Å²) in [4.78, 5) is 1.29. The van der Waals surface area contributed by atoms with Gasteiger partial charge in [0.05, 0.1) is 0 Å². The molecule has 6 nitrogen and oxygen atoms in total. The van der Waals surface area contributed by atoms with E-state index in [4.69, 9.17) is 0 Å². The third kappa shape index (κ3) is 1.85. The lowest BCUT2D eigenvalue weighted by Gasteiger charge is -2.07. The summed E-state index contributed by atoms with van der Waals surface area (Å²) in [6.07, 6.45) is 0. The van der Waals surface area contributed by atoms with Gasteiger partial charge in [0.25, 0.3) is 0 Å². The molecule has 3 N–H and O–H groups in total. The molecule has 2 aromatic carbocycles. The van der Waals surface area contributed by atoms with Crippen LogP contribution in [0, 0.1) is 0 Å². The van der Waals surface area contributed by atoms with E-state index in [0.717, 1.165) is 10.9 Å². The third-order valence-electron chi connectivity index (χ3n) is 3.12. The van der Waals surface area contributed by atoms with Crippen LogP contribution >= 0.6 is 0 Å². The van der Waals surface area contributed by atoms with Gasteiger partial charge in [-0.1, -0.05) is 11.5 Å². The van der Waals surface area contributed by atoms with Crippen LogP contribution in [-0.4, -0.2) is 46.0 Å². The van der Waals surface area contributed by atoms with Gasteiger partial charge >= 0.3 is 0 Å². The zero-order chi connectivity index (χ0) is 14.4. The normalized spacial score (nSPS) is 11.0. The van der Waals surface area contributed by atoms with Crippen LogP contribution in [0.25, 0.3) is 16.7 Å². The Labute approximate surface area is 116 Å². The molecule has 0 saturated heterocycles. The molecule has 1 aromatic heterocycles. The van der Waals surface area contributed by atoms with Crippen molar-refractivity contribution < 1.29 is 15.3 Å². The Balaban J connectivity index is 2.25. The Morgan fingerprint density at radius 3 is 1.95 bits per heavy atom. The number of hydrogen-bond acceptors (Lipinski definition) is 5. The van der Waals surface area contributed by atoms with Gasteiger partial charge in [-0.05, 0) is 11.5 Å². The van der Waals surface area contributed by atoms with Gasteiger partial charge < -0.3 is 15.3 Å². The molecule has 0 aliphatic rings.